The van der Waals surface area contributed by atoms with Gasteiger partial charge in [0.1, 0.15) is 6.54 Å². The number of hydrogen-bond donors (Lipinski definition) is 1. The van der Waals surface area contributed by atoms with Gasteiger partial charge in [-0.2, -0.15) is 18.3 Å². The molecule has 0 saturated heterocycles. The molecule has 5 nitrogen and oxygen atoms in total. The van der Waals surface area contributed by atoms with Crippen LogP contribution in [0.3, 0.4) is 0 Å². The van der Waals surface area contributed by atoms with Crippen LogP contribution in [0.2, 0.25) is 0 Å². The van der Waals surface area contributed by atoms with Gasteiger partial charge in [-0.15, -0.1) is 0 Å². The molecule has 0 aliphatic heterocycles. The molecule has 0 spiro atoms. The molecule has 0 bridgehead atoms. The third-order valence-electron chi connectivity index (χ3n) is 3.30. The molecule has 0 saturated carbocycles. The van der Waals surface area contributed by atoms with Gasteiger partial charge in [0.15, 0.2) is 0 Å². The van der Waals surface area contributed by atoms with Crippen molar-refractivity contribution in [2.45, 2.75) is 40.4 Å². The largest absolute Gasteiger partial charge is 0.406 e. The van der Waals surface area contributed by atoms with Crippen LogP contribution in [0.15, 0.2) is 17.2 Å². The van der Waals surface area contributed by atoms with Gasteiger partial charge in [0.25, 0.3) is 0 Å². The van der Waals surface area contributed by atoms with Crippen LogP contribution in [0.5, 0.6) is 0 Å². The Labute approximate surface area is 132 Å². The van der Waals surface area contributed by atoms with Crippen molar-refractivity contribution in [3.8, 4) is 0 Å². The highest BCUT2D eigenvalue weighted by Crippen LogP contribution is 2.22. The Balaban J connectivity index is 2.15. The van der Waals surface area contributed by atoms with Crippen LogP contribution in [-0.4, -0.2) is 26.9 Å². The fraction of sp³-hybridized carbons (Fsp3) is 0.400. The van der Waals surface area contributed by atoms with Crippen LogP contribution in [0.1, 0.15) is 28.3 Å². The minimum atomic E-state index is -4.26. The summed E-state index contributed by atoms with van der Waals surface area (Å²) < 4.78 is 38.9. The number of nitrogens with zero attached hydrogens (tertiary/aromatic N) is 4. The molecule has 1 N–H and O–H groups in total. The predicted octanol–water partition coefficient (Wildman–Crippen LogP) is 3.52. The molecule has 8 heteroatoms. The summed E-state index contributed by atoms with van der Waals surface area (Å²) in [4.78, 5) is 8.34. The van der Waals surface area contributed by atoms with Gasteiger partial charge in [0, 0.05) is 28.3 Å². The molecule has 0 aliphatic rings. The van der Waals surface area contributed by atoms with Crippen LogP contribution >= 0.6 is 0 Å². The Bertz CT molecular complexity index is 711. The molecule has 0 amide bonds. The summed E-state index contributed by atoms with van der Waals surface area (Å²) in [7, 11) is 0. The highest BCUT2D eigenvalue weighted by atomic mass is 19.4. The first-order valence-electron chi connectivity index (χ1n) is 7.00. The minimum Gasteiger partial charge on any atom is -0.339 e. The molecule has 2 aromatic heterocycles. The first-order chi connectivity index (χ1) is 10.7. The average Bonchev–Trinajstić information content (AvgIpc) is 2.64. The van der Waals surface area contributed by atoms with Crippen molar-refractivity contribution in [3.05, 3.63) is 40.5 Å². The molecular formula is C15H18F3N5. The van der Waals surface area contributed by atoms with Crippen molar-refractivity contribution in [1.29, 1.82) is 0 Å². The lowest BCUT2D eigenvalue weighted by atomic mass is 10.3. The van der Waals surface area contributed by atoms with Gasteiger partial charge in [-0.3, -0.25) is 0 Å². The van der Waals surface area contributed by atoms with E-state index < -0.39 is 12.7 Å². The molecule has 124 valence electrons. The van der Waals surface area contributed by atoms with Crippen molar-refractivity contribution in [2.24, 2.45) is 5.10 Å². The monoisotopic (exact) mass is 325 g/mol. The van der Waals surface area contributed by atoms with Gasteiger partial charge in [0.2, 0.25) is 5.95 Å². The number of aryl methyl sites for hydroxylation is 3. The highest BCUT2D eigenvalue weighted by Gasteiger charge is 2.29. The van der Waals surface area contributed by atoms with E-state index >= 15 is 0 Å². The van der Waals surface area contributed by atoms with Crippen molar-refractivity contribution in [2.75, 3.05) is 5.43 Å². The SMILES string of the molecule is Cc1cc(C)nc(N/N=C\c2cc(C)n(CC(F)(F)F)c2C)n1. The third-order valence-corrected chi connectivity index (χ3v) is 3.30. The predicted molar refractivity (Wildman–Crippen MR) is 82.7 cm³/mol. The summed E-state index contributed by atoms with van der Waals surface area (Å²) >= 11 is 0. The van der Waals surface area contributed by atoms with Gasteiger partial charge in [-0.05, 0) is 39.8 Å². The standard InChI is InChI=1S/C15H18F3N5/c1-9-5-10(2)21-14(20-9)22-19-7-13-6-11(3)23(12(13)4)8-15(16,17)18/h5-7H,8H2,1-4H3,(H,20,21,22)/b19-7-. The average molecular weight is 325 g/mol. The first-order valence-corrected chi connectivity index (χ1v) is 7.00. The third kappa shape index (κ3) is 4.54. The molecular weight excluding hydrogens is 307 g/mol. The molecule has 0 radical (unpaired) electrons. The molecule has 0 aliphatic carbocycles. The van der Waals surface area contributed by atoms with E-state index in [0.29, 0.717) is 22.9 Å². The normalized spacial score (nSPS) is 12.1. The smallest absolute Gasteiger partial charge is 0.339 e. The van der Waals surface area contributed by atoms with Crippen LogP contribution in [0.25, 0.3) is 0 Å². The minimum absolute atomic E-state index is 0.350. The number of halogens is 3. The van der Waals surface area contributed by atoms with Crippen LogP contribution in [0.4, 0.5) is 19.1 Å². The van der Waals surface area contributed by atoms with E-state index in [1.807, 2.05) is 19.9 Å². The molecule has 0 atom stereocenters. The molecule has 2 heterocycles. The van der Waals surface area contributed by atoms with Crippen LogP contribution < -0.4 is 5.43 Å². The maximum absolute atomic E-state index is 12.6. The van der Waals surface area contributed by atoms with E-state index in [2.05, 4.69) is 20.5 Å². The van der Waals surface area contributed by atoms with E-state index in [1.54, 1.807) is 19.9 Å². The fourth-order valence-electron chi connectivity index (χ4n) is 2.32. The number of rotatable bonds is 4. The second-order valence-electron chi connectivity index (χ2n) is 5.37. The Morgan fingerprint density at radius 1 is 1.13 bits per heavy atom. The topological polar surface area (TPSA) is 55.1 Å². The van der Waals surface area contributed by atoms with E-state index in [4.69, 9.17) is 0 Å². The lowest BCUT2D eigenvalue weighted by molar-refractivity contribution is -0.141. The number of aromatic nitrogens is 3. The second kappa shape index (κ2) is 6.39. The van der Waals surface area contributed by atoms with E-state index in [0.717, 1.165) is 11.4 Å². The zero-order valence-electron chi connectivity index (χ0n) is 13.4. The zero-order chi connectivity index (χ0) is 17.2. The summed E-state index contributed by atoms with van der Waals surface area (Å²) in [6.45, 7) is 5.94. The number of hydrazone groups is 1. The van der Waals surface area contributed by atoms with Crippen molar-refractivity contribution < 1.29 is 13.2 Å². The Kier molecular flexibility index (Phi) is 4.72. The van der Waals surface area contributed by atoms with E-state index in [-0.39, 0.29) is 0 Å². The van der Waals surface area contributed by atoms with Gasteiger partial charge in [-0.25, -0.2) is 15.4 Å². The van der Waals surface area contributed by atoms with Crippen LogP contribution in [-0.2, 0) is 6.54 Å². The summed E-state index contributed by atoms with van der Waals surface area (Å²) in [6, 6.07) is 3.49. The Morgan fingerprint density at radius 2 is 1.74 bits per heavy atom. The number of hydrogen-bond acceptors (Lipinski definition) is 4. The molecule has 0 fully saturated rings. The zero-order valence-corrected chi connectivity index (χ0v) is 13.4. The van der Waals surface area contributed by atoms with Crippen molar-refractivity contribution in [1.82, 2.24) is 14.5 Å². The molecule has 23 heavy (non-hydrogen) atoms. The summed E-state index contributed by atoms with van der Waals surface area (Å²) in [5.74, 6) is 0.350. The lowest BCUT2D eigenvalue weighted by Gasteiger charge is -2.12. The van der Waals surface area contributed by atoms with E-state index in [1.165, 1.54) is 10.8 Å². The van der Waals surface area contributed by atoms with Crippen molar-refractivity contribution >= 4 is 12.2 Å². The van der Waals surface area contributed by atoms with E-state index in [9.17, 15) is 13.2 Å². The van der Waals surface area contributed by atoms with Gasteiger partial charge in [0.05, 0.1) is 6.21 Å². The molecule has 0 aromatic carbocycles. The molecule has 2 rings (SSSR count). The molecule has 2 aromatic rings. The number of alkyl halides is 3. The number of nitrogens with one attached hydrogen (secondary N) is 1. The Hall–Kier alpha value is -2.38. The van der Waals surface area contributed by atoms with Gasteiger partial charge >= 0.3 is 6.18 Å². The van der Waals surface area contributed by atoms with Crippen LogP contribution in [0, 0.1) is 27.7 Å². The second-order valence-corrected chi connectivity index (χ2v) is 5.37. The summed E-state index contributed by atoms with van der Waals surface area (Å²) in [5.41, 5.74) is 5.96. The summed E-state index contributed by atoms with van der Waals surface area (Å²) in [5, 5.41) is 4.01. The van der Waals surface area contributed by atoms with Crippen molar-refractivity contribution in [3.63, 3.8) is 0 Å². The van der Waals surface area contributed by atoms with Gasteiger partial charge < -0.3 is 4.57 Å². The highest BCUT2D eigenvalue weighted by molar-refractivity contribution is 5.82. The Morgan fingerprint density at radius 3 is 2.30 bits per heavy atom. The van der Waals surface area contributed by atoms with Gasteiger partial charge in [-0.1, -0.05) is 0 Å². The number of anilines is 1. The maximum atomic E-state index is 12.6. The summed E-state index contributed by atoms with van der Waals surface area (Å²) in [6.07, 6.45) is -2.79. The molecule has 0 unspecified atom stereocenters. The fourth-order valence-corrected chi connectivity index (χ4v) is 2.32. The lowest BCUT2D eigenvalue weighted by Crippen LogP contribution is -2.19. The first kappa shape index (κ1) is 17.0. The quantitative estimate of drug-likeness (QED) is 0.691. The maximum Gasteiger partial charge on any atom is 0.406 e.